The number of carbonyl (C=O) groups excluding carboxylic acids is 1. The molecule has 8 heteroatoms. The smallest absolute Gasteiger partial charge is 0.339 e. The molecular weight excluding hydrogens is 383 g/mol. The molecule has 142 valence electrons. The van der Waals surface area contributed by atoms with Gasteiger partial charge in [-0.2, -0.15) is 0 Å². The summed E-state index contributed by atoms with van der Waals surface area (Å²) in [6, 6.07) is 1.45. The number of esters is 1. The second-order valence-electron chi connectivity index (χ2n) is 6.78. The van der Waals surface area contributed by atoms with Crippen LogP contribution in [0.5, 0.6) is 11.5 Å². The van der Waals surface area contributed by atoms with E-state index in [1.807, 2.05) is 0 Å². The summed E-state index contributed by atoms with van der Waals surface area (Å²) >= 11 is 12.6. The molecule has 1 spiro atoms. The molecule has 1 atom stereocenters. The number of methoxy groups -OCH3 is 1. The van der Waals surface area contributed by atoms with E-state index in [2.05, 4.69) is 0 Å². The second kappa shape index (κ2) is 7.08. The van der Waals surface area contributed by atoms with Crippen molar-refractivity contribution in [1.29, 1.82) is 0 Å². The van der Waals surface area contributed by atoms with E-state index in [-0.39, 0.29) is 21.7 Å². The Balaban J connectivity index is 1.50. The highest BCUT2D eigenvalue weighted by Gasteiger charge is 2.43. The van der Waals surface area contributed by atoms with Gasteiger partial charge in [0.25, 0.3) is 0 Å². The number of halogens is 2. The Kier molecular flexibility index (Phi) is 4.94. The predicted octanol–water partition coefficient (Wildman–Crippen LogP) is 3.85. The molecule has 4 rings (SSSR count). The maximum absolute atomic E-state index is 11.8. The van der Waals surface area contributed by atoms with Crippen LogP contribution < -0.4 is 9.47 Å². The van der Waals surface area contributed by atoms with Gasteiger partial charge in [-0.1, -0.05) is 23.2 Å². The van der Waals surface area contributed by atoms with Gasteiger partial charge in [0, 0.05) is 12.8 Å². The lowest BCUT2D eigenvalue weighted by Gasteiger charge is -2.40. The van der Waals surface area contributed by atoms with Crippen LogP contribution >= 0.6 is 23.2 Å². The van der Waals surface area contributed by atoms with E-state index in [9.17, 15) is 4.79 Å². The fourth-order valence-corrected chi connectivity index (χ4v) is 4.42. The molecule has 2 aliphatic heterocycles. The van der Waals surface area contributed by atoms with Crippen molar-refractivity contribution in [2.24, 2.45) is 5.92 Å². The highest BCUT2D eigenvalue weighted by Crippen LogP contribution is 2.48. The van der Waals surface area contributed by atoms with Crippen molar-refractivity contribution in [2.45, 2.75) is 37.6 Å². The molecule has 1 aliphatic carbocycles. The third-order valence-corrected chi connectivity index (χ3v) is 5.98. The summed E-state index contributed by atoms with van der Waals surface area (Å²) in [5.41, 5.74) is 0.162. The van der Waals surface area contributed by atoms with Crippen molar-refractivity contribution in [3.05, 3.63) is 21.7 Å². The number of carbonyl (C=O) groups is 1. The zero-order valence-electron chi connectivity index (χ0n) is 14.4. The monoisotopic (exact) mass is 402 g/mol. The topological polar surface area (TPSA) is 63.2 Å². The molecule has 0 bridgehead atoms. The summed E-state index contributed by atoms with van der Waals surface area (Å²) in [7, 11) is 1.28. The normalized spacial score (nSPS) is 24.7. The lowest BCUT2D eigenvalue weighted by molar-refractivity contribution is -0.187. The van der Waals surface area contributed by atoms with Crippen molar-refractivity contribution in [2.75, 3.05) is 26.9 Å². The summed E-state index contributed by atoms with van der Waals surface area (Å²) < 4.78 is 28.2. The van der Waals surface area contributed by atoms with E-state index in [0.717, 1.165) is 25.7 Å². The molecule has 0 unspecified atom stereocenters. The average molecular weight is 403 g/mol. The molecule has 1 saturated carbocycles. The summed E-state index contributed by atoms with van der Waals surface area (Å²) in [6.45, 7) is 1.68. The zero-order chi connectivity index (χ0) is 18.3. The fourth-order valence-electron chi connectivity index (χ4n) is 3.90. The first kappa shape index (κ1) is 18.2. The van der Waals surface area contributed by atoms with Gasteiger partial charge in [-0.05, 0) is 24.8 Å². The molecule has 2 fully saturated rings. The Morgan fingerprint density at radius 1 is 1.19 bits per heavy atom. The van der Waals surface area contributed by atoms with Gasteiger partial charge >= 0.3 is 5.97 Å². The van der Waals surface area contributed by atoms with Crippen molar-refractivity contribution in [3.8, 4) is 11.5 Å². The summed E-state index contributed by atoms with van der Waals surface area (Å²) in [5, 5.41) is 0.439. The molecule has 1 aromatic rings. The first-order valence-corrected chi connectivity index (χ1v) is 9.46. The van der Waals surface area contributed by atoms with Gasteiger partial charge in [-0.15, -0.1) is 0 Å². The molecule has 1 aromatic carbocycles. The van der Waals surface area contributed by atoms with Crippen LogP contribution in [0.25, 0.3) is 0 Å². The molecular formula is C18H20Cl2O6. The van der Waals surface area contributed by atoms with Crippen molar-refractivity contribution in [1.82, 2.24) is 0 Å². The van der Waals surface area contributed by atoms with E-state index < -0.39 is 11.8 Å². The molecule has 0 aromatic heterocycles. The minimum atomic E-state index is -0.570. The third-order valence-electron chi connectivity index (χ3n) is 5.33. The van der Waals surface area contributed by atoms with E-state index in [4.69, 9.17) is 46.9 Å². The highest BCUT2D eigenvalue weighted by molar-refractivity contribution is 6.38. The average Bonchev–Trinajstić information content (AvgIpc) is 3.12. The number of hydrogen-bond acceptors (Lipinski definition) is 6. The first-order valence-electron chi connectivity index (χ1n) is 8.71. The van der Waals surface area contributed by atoms with Gasteiger partial charge in [0.05, 0.1) is 30.9 Å². The minimum Gasteiger partial charge on any atom is -0.484 e. The van der Waals surface area contributed by atoms with Crippen LogP contribution in [0.15, 0.2) is 6.07 Å². The zero-order valence-corrected chi connectivity index (χ0v) is 15.9. The van der Waals surface area contributed by atoms with Gasteiger partial charge in [0.1, 0.15) is 17.7 Å². The number of ether oxygens (including phenoxy) is 5. The molecule has 3 aliphatic rings. The van der Waals surface area contributed by atoms with E-state index in [1.54, 1.807) is 0 Å². The van der Waals surface area contributed by atoms with Crippen LogP contribution in [0, 0.1) is 5.92 Å². The Morgan fingerprint density at radius 2 is 1.88 bits per heavy atom. The maximum atomic E-state index is 11.8. The molecule has 6 nitrogen and oxygen atoms in total. The van der Waals surface area contributed by atoms with Gasteiger partial charge in [0.2, 0.25) is 0 Å². The molecule has 2 heterocycles. The van der Waals surface area contributed by atoms with Crippen LogP contribution in [0.3, 0.4) is 0 Å². The Bertz CT molecular complexity index is 706. The minimum absolute atomic E-state index is 0.126. The van der Waals surface area contributed by atoms with Gasteiger partial charge in [-0.3, -0.25) is 0 Å². The van der Waals surface area contributed by atoms with Crippen LogP contribution in [-0.2, 0) is 14.2 Å². The number of rotatable bonds is 2. The third kappa shape index (κ3) is 3.13. The van der Waals surface area contributed by atoms with Crippen LogP contribution in [-0.4, -0.2) is 44.8 Å². The quantitative estimate of drug-likeness (QED) is 0.699. The second-order valence-corrected chi connectivity index (χ2v) is 7.57. The molecule has 1 saturated heterocycles. The molecule has 0 radical (unpaired) electrons. The maximum Gasteiger partial charge on any atom is 0.339 e. The molecule has 0 N–H and O–H groups in total. The summed E-state index contributed by atoms with van der Waals surface area (Å²) in [6.07, 6.45) is 3.42. The van der Waals surface area contributed by atoms with Crippen LogP contribution in [0.4, 0.5) is 0 Å². The van der Waals surface area contributed by atoms with Crippen molar-refractivity contribution >= 4 is 29.2 Å². The SMILES string of the molecule is COC(=O)c1cc(Cl)c2c(c1Cl)OC[C@H](C1CCC3(CC1)OCCO3)O2. The lowest BCUT2D eigenvalue weighted by Crippen LogP contribution is -2.43. The molecule has 26 heavy (non-hydrogen) atoms. The van der Waals surface area contributed by atoms with Gasteiger partial charge in [0.15, 0.2) is 17.3 Å². The Labute approximate surface area is 161 Å². The van der Waals surface area contributed by atoms with Gasteiger partial charge in [-0.25, -0.2) is 4.79 Å². The van der Waals surface area contributed by atoms with Crippen LogP contribution in [0.2, 0.25) is 10.0 Å². The van der Waals surface area contributed by atoms with Crippen LogP contribution in [0.1, 0.15) is 36.0 Å². The van der Waals surface area contributed by atoms with Crippen molar-refractivity contribution < 1.29 is 28.5 Å². The Morgan fingerprint density at radius 3 is 2.54 bits per heavy atom. The largest absolute Gasteiger partial charge is 0.484 e. The van der Waals surface area contributed by atoms with E-state index in [1.165, 1.54) is 13.2 Å². The summed E-state index contributed by atoms with van der Waals surface area (Å²) in [5.74, 6) is 0.0244. The summed E-state index contributed by atoms with van der Waals surface area (Å²) in [4.78, 5) is 11.8. The fraction of sp³-hybridized carbons (Fsp3) is 0.611. The predicted molar refractivity (Wildman–Crippen MR) is 94.3 cm³/mol. The number of hydrogen-bond donors (Lipinski definition) is 0. The number of benzene rings is 1. The number of fused-ring (bicyclic) bond motifs is 1. The van der Waals surface area contributed by atoms with Crippen molar-refractivity contribution in [3.63, 3.8) is 0 Å². The standard InChI is InChI=1S/C18H20Cl2O6/c1-22-17(21)11-8-12(19)15-16(14(11)20)23-9-13(26-15)10-2-4-18(5-3-10)24-6-7-25-18/h8,10,13H,2-7,9H2,1H3/t13-/m1/s1. The lowest BCUT2D eigenvalue weighted by atomic mass is 9.82. The molecule has 0 amide bonds. The van der Waals surface area contributed by atoms with Gasteiger partial charge < -0.3 is 23.7 Å². The Hall–Kier alpha value is -1.21. The highest BCUT2D eigenvalue weighted by atomic mass is 35.5. The van der Waals surface area contributed by atoms with E-state index >= 15 is 0 Å². The first-order chi connectivity index (χ1) is 12.5. The van der Waals surface area contributed by atoms with E-state index in [0.29, 0.717) is 37.2 Å².